The van der Waals surface area contributed by atoms with Gasteiger partial charge in [0.1, 0.15) is 17.7 Å². The van der Waals surface area contributed by atoms with Gasteiger partial charge in [-0.05, 0) is 54.1 Å². The summed E-state index contributed by atoms with van der Waals surface area (Å²) in [4.78, 5) is 17.6. The number of hydrogen-bond donors (Lipinski definition) is 2. The van der Waals surface area contributed by atoms with E-state index in [2.05, 4.69) is 21.0 Å². The van der Waals surface area contributed by atoms with Crippen LogP contribution in [0.2, 0.25) is 0 Å². The third-order valence-electron chi connectivity index (χ3n) is 4.93. The lowest BCUT2D eigenvalue weighted by Gasteiger charge is -2.29. The number of fused-ring (bicyclic) bond motifs is 1. The predicted octanol–water partition coefficient (Wildman–Crippen LogP) is 3.56. The monoisotopic (exact) mass is 416 g/mol. The Labute approximate surface area is 178 Å². The first-order valence-electron chi connectivity index (χ1n) is 9.83. The Morgan fingerprint density at radius 1 is 1.03 bits per heavy atom. The molecule has 3 N–H and O–H groups in total. The van der Waals surface area contributed by atoms with Gasteiger partial charge in [0.2, 0.25) is 6.41 Å². The van der Waals surface area contributed by atoms with Gasteiger partial charge in [0.15, 0.2) is 5.65 Å². The summed E-state index contributed by atoms with van der Waals surface area (Å²) in [6, 6.07) is 20.4. The van der Waals surface area contributed by atoms with Crippen molar-refractivity contribution >= 4 is 17.4 Å². The van der Waals surface area contributed by atoms with Crippen molar-refractivity contribution in [3.8, 4) is 28.1 Å². The molecule has 1 aliphatic rings. The van der Waals surface area contributed by atoms with Crippen molar-refractivity contribution in [2.45, 2.75) is 6.10 Å². The van der Waals surface area contributed by atoms with Gasteiger partial charge in [-0.25, -0.2) is 14.4 Å². The fourth-order valence-electron chi connectivity index (χ4n) is 3.29. The zero-order valence-electron chi connectivity index (χ0n) is 16.7. The molecule has 1 aliphatic heterocycles. The van der Waals surface area contributed by atoms with E-state index in [0.717, 1.165) is 46.6 Å². The van der Waals surface area contributed by atoms with E-state index in [1.807, 2.05) is 42.5 Å². The lowest BCUT2D eigenvalue weighted by Crippen LogP contribution is -2.50. The van der Waals surface area contributed by atoms with Gasteiger partial charge in [-0.3, -0.25) is 4.79 Å². The van der Waals surface area contributed by atoms with Crippen molar-refractivity contribution in [1.82, 2.24) is 15.3 Å². The van der Waals surface area contributed by atoms with Crippen molar-refractivity contribution < 1.29 is 13.9 Å². The predicted molar refractivity (Wildman–Crippen MR) is 118 cm³/mol. The molecule has 2 aromatic carbocycles. The van der Waals surface area contributed by atoms with Gasteiger partial charge in [-0.1, -0.05) is 18.2 Å². The Morgan fingerprint density at radius 3 is 2.48 bits per heavy atom. The molecule has 5 rings (SSSR count). The molecular formula is C24H21FN4O2. The van der Waals surface area contributed by atoms with Gasteiger partial charge in [0.05, 0.1) is 5.69 Å². The SMILES string of the molecule is Fc1ccc(-c2ccc(-c3ccc4cccnc4n3)cc2OC2CNC2)cc1.NC=O. The molecule has 0 spiro atoms. The van der Waals surface area contributed by atoms with Crippen LogP contribution in [0.15, 0.2) is 72.9 Å². The highest BCUT2D eigenvalue weighted by atomic mass is 19.1. The number of halogens is 1. The number of primary amides is 1. The number of carbonyl (C=O) groups excluding carboxylic acids is 1. The summed E-state index contributed by atoms with van der Waals surface area (Å²) in [6.07, 6.45) is 2.13. The summed E-state index contributed by atoms with van der Waals surface area (Å²) in [6.45, 7) is 1.65. The highest BCUT2D eigenvalue weighted by Crippen LogP contribution is 2.35. The second-order valence-electron chi connectivity index (χ2n) is 7.00. The molecule has 0 aliphatic carbocycles. The van der Waals surface area contributed by atoms with E-state index >= 15 is 0 Å². The van der Waals surface area contributed by atoms with E-state index < -0.39 is 0 Å². The number of nitrogens with two attached hydrogens (primary N) is 1. The number of benzene rings is 2. The molecule has 1 amide bonds. The van der Waals surface area contributed by atoms with Gasteiger partial charge < -0.3 is 15.8 Å². The third kappa shape index (κ3) is 4.67. The second-order valence-corrected chi connectivity index (χ2v) is 7.00. The van der Waals surface area contributed by atoms with Gasteiger partial charge >= 0.3 is 0 Å². The van der Waals surface area contributed by atoms with E-state index in [0.29, 0.717) is 5.65 Å². The molecule has 0 saturated carbocycles. The standard InChI is InChI=1S/C23H18FN3O.CH3NO/c24-18-7-3-15(4-8-18)20-9-5-17(12-22(20)28-19-13-25-14-19)21-10-6-16-2-1-11-26-23(16)27-21;2-1-3/h1-12,19,25H,13-14H2;1H,(H2,2,3). The molecule has 3 heterocycles. The van der Waals surface area contributed by atoms with Crippen LogP contribution in [-0.4, -0.2) is 35.6 Å². The first-order valence-corrected chi connectivity index (χ1v) is 9.83. The molecule has 156 valence electrons. The van der Waals surface area contributed by atoms with Crippen molar-refractivity contribution in [1.29, 1.82) is 0 Å². The van der Waals surface area contributed by atoms with Crippen LogP contribution in [-0.2, 0) is 4.79 Å². The Bertz CT molecular complexity index is 1190. The van der Waals surface area contributed by atoms with Crippen LogP contribution >= 0.6 is 0 Å². The molecular weight excluding hydrogens is 395 g/mol. The molecule has 2 aromatic heterocycles. The zero-order valence-corrected chi connectivity index (χ0v) is 16.7. The fraction of sp³-hybridized carbons (Fsp3) is 0.125. The minimum absolute atomic E-state index is 0.140. The highest BCUT2D eigenvalue weighted by molar-refractivity contribution is 5.80. The van der Waals surface area contributed by atoms with Crippen LogP contribution in [0.5, 0.6) is 5.75 Å². The smallest absolute Gasteiger partial charge is 0.204 e. The maximum Gasteiger partial charge on any atom is 0.204 e. The number of ether oxygens (including phenoxy) is 1. The molecule has 0 bridgehead atoms. The normalized spacial score (nSPS) is 13.1. The molecule has 4 aromatic rings. The average molecular weight is 416 g/mol. The number of aromatic nitrogens is 2. The minimum Gasteiger partial charge on any atom is -0.487 e. The molecule has 0 radical (unpaired) electrons. The number of amides is 1. The van der Waals surface area contributed by atoms with Crippen molar-refractivity contribution in [3.63, 3.8) is 0 Å². The summed E-state index contributed by atoms with van der Waals surface area (Å²) < 4.78 is 19.6. The topological polar surface area (TPSA) is 90.1 Å². The quantitative estimate of drug-likeness (QED) is 0.497. The summed E-state index contributed by atoms with van der Waals surface area (Å²) in [7, 11) is 0. The Morgan fingerprint density at radius 2 is 1.77 bits per heavy atom. The number of carbonyl (C=O) groups is 1. The zero-order chi connectivity index (χ0) is 21.6. The highest BCUT2D eigenvalue weighted by Gasteiger charge is 2.21. The van der Waals surface area contributed by atoms with E-state index in [9.17, 15) is 4.39 Å². The van der Waals surface area contributed by atoms with E-state index in [-0.39, 0.29) is 18.3 Å². The molecule has 1 fully saturated rings. The fourth-order valence-corrected chi connectivity index (χ4v) is 3.29. The molecule has 6 nitrogen and oxygen atoms in total. The minimum atomic E-state index is -0.251. The molecule has 1 saturated heterocycles. The summed E-state index contributed by atoms with van der Waals surface area (Å²) >= 11 is 0. The maximum absolute atomic E-state index is 13.3. The van der Waals surface area contributed by atoms with Crippen LogP contribution in [0.4, 0.5) is 4.39 Å². The van der Waals surface area contributed by atoms with E-state index in [4.69, 9.17) is 9.53 Å². The number of nitrogens with one attached hydrogen (secondary N) is 1. The van der Waals surface area contributed by atoms with Crippen molar-refractivity contribution in [2.75, 3.05) is 13.1 Å². The Kier molecular flexibility index (Phi) is 6.14. The van der Waals surface area contributed by atoms with Crippen LogP contribution < -0.4 is 15.8 Å². The second kappa shape index (κ2) is 9.32. The van der Waals surface area contributed by atoms with Crippen molar-refractivity contribution in [3.05, 3.63) is 78.7 Å². The van der Waals surface area contributed by atoms with E-state index in [1.165, 1.54) is 12.1 Å². The van der Waals surface area contributed by atoms with Gasteiger partial charge in [-0.2, -0.15) is 0 Å². The number of pyridine rings is 2. The maximum atomic E-state index is 13.3. The first kappa shape index (κ1) is 20.4. The van der Waals surface area contributed by atoms with Gasteiger partial charge in [-0.15, -0.1) is 0 Å². The average Bonchev–Trinajstić information content (AvgIpc) is 2.77. The van der Waals surface area contributed by atoms with Crippen molar-refractivity contribution in [2.24, 2.45) is 5.73 Å². The molecule has 7 heteroatoms. The molecule has 31 heavy (non-hydrogen) atoms. The lowest BCUT2D eigenvalue weighted by atomic mass is 10.0. The number of nitrogens with zero attached hydrogens (tertiary/aromatic N) is 2. The summed E-state index contributed by atoms with van der Waals surface area (Å²) in [5.74, 6) is 0.525. The summed E-state index contributed by atoms with van der Waals surface area (Å²) in [5, 5.41) is 4.23. The lowest BCUT2D eigenvalue weighted by molar-refractivity contribution is -0.106. The molecule has 0 unspecified atom stereocenters. The van der Waals surface area contributed by atoms with Crippen LogP contribution in [0.3, 0.4) is 0 Å². The van der Waals surface area contributed by atoms with Gasteiger partial charge in [0, 0.05) is 35.8 Å². The first-order chi connectivity index (χ1) is 15.2. The molecule has 0 atom stereocenters. The number of hydrogen-bond acceptors (Lipinski definition) is 5. The van der Waals surface area contributed by atoms with Crippen LogP contribution in [0, 0.1) is 5.82 Å². The largest absolute Gasteiger partial charge is 0.487 e. The number of rotatable bonds is 4. The van der Waals surface area contributed by atoms with Crippen LogP contribution in [0.25, 0.3) is 33.4 Å². The van der Waals surface area contributed by atoms with Gasteiger partial charge in [0.25, 0.3) is 0 Å². The van der Waals surface area contributed by atoms with Crippen LogP contribution in [0.1, 0.15) is 0 Å². The third-order valence-corrected chi connectivity index (χ3v) is 4.93. The Hall–Kier alpha value is -3.84. The summed E-state index contributed by atoms with van der Waals surface area (Å²) in [5.41, 5.74) is 8.54. The van der Waals surface area contributed by atoms with E-state index in [1.54, 1.807) is 18.3 Å². The Balaban J connectivity index is 0.000000730.